The van der Waals surface area contributed by atoms with E-state index in [9.17, 15) is 0 Å². The van der Waals surface area contributed by atoms with Gasteiger partial charge in [-0.25, -0.2) is 19.9 Å². The Kier molecular flexibility index (Phi) is 7.35. The molecule has 0 spiro atoms. The molecule has 32 heavy (non-hydrogen) atoms. The highest BCUT2D eigenvalue weighted by molar-refractivity contribution is 6.74. The Labute approximate surface area is 191 Å². The number of terminal acetylenes is 1. The van der Waals surface area contributed by atoms with Gasteiger partial charge in [-0.2, -0.15) is 0 Å². The van der Waals surface area contributed by atoms with Gasteiger partial charge in [0.1, 0.15) is 25.3 Å². The largest absolute Gasteiger partial charge is 0.414 e. The lowest BCUT2D eigenvalue weighted by molar-refractivity contribution is -0.0529. The quantitative estimate of drug-likeness (QED) is 0.259. The van der Waals surface area contributed by atoms with Crippen LogP contribution in [0, 0.1) is 12.3 Å². The average Bonchev–Trinajstić information content (AvgIpc) is 3.32. The van der Waals surface area contributed by atoms with Gasteiger partial charge >= 0.3 is 0 Å². The standard InChI is InChI=1S/C22H34N6O3Si/c1-9-10-29-16-11-18(31-17(16)12-30-32(7,8)22(2,3)4)28-15-25-19-20(26-14-27(5)6)23-13-24-21(19)28/h1,13-18H,10-12H2,2-8H3/b26-14+. The highest BCUT2D eigenvalue weighted by Crippen LogP contribution is 2.38. The van der Waals surface area contributed by atoms with E-state index in [1.165, 1.54) is 6.33 Å². The van der Waals surface area contributed by atoms with Gasteiger partial charge in [0.15, 0.2) is 25.3 Å². The van der Waals surface area contributed by atoms with Crippen molar-refractivity contribution in [3.8, 4) is 12.3 Å². The van der Waals surface area contributed by atoms with E-state index in [-0.39, 0.29) is 30.1 Å². The van der Waals surface area contributed by atoms with Crippen molar-refractivity contribution in [2.75, 3.05) is 27.3 Å². The molecule has 0 amide bonds. The van der Waals surface area contributed by atoms with Crippen LogP contribution < -0.4 is 0 Å². The molecule has 2 aromatic rings. The molecule has 3 atom stereocenters. The summed E-state index contributed by atoms with van der Waals surface area (Å²) in [6.45, 7) is 11.8. The van der Waals surface area contributed by atoms with E-state index in [0.717, 1.165) is 0 Å². The normalized spacial score (nSPS) is 22.0. The maximum atomic E-state index is 6.42. The molecular weight excluding hydrogens is 424 g/mol. The number of fused-ring (bicyclic) bond motifs is 1. The minimum absolute atomic E-state index is 0.112. The summed E-state index contributed by atoms with van der Waals surface area (Å²) in [7, 11) is 1.87. The van der Waals surface area contributed by atoms with Crippen molar-refractivity contribution < 1.29 is 13.9 Å². The summed E-state index contributed by atoms with van der Waals surface area (Å²) < 4.78 is 20.6. The van der Waals surface area contributed by atoms with Crippen molar-refractivity contribution in [1.82, 2.24) is 24.4 Å². The van der Waals surface area contributed by atoms with E-state index in [4.69, 9.17) is 20.3 Å². The zero-order valence-corrected chi connectivity index (χ0v) is 21.1. The molecule has 3 unspecified atom stereocenters. The van der Waals surface area contributed by atoms with Gasteiger partial charge in [0.2, 0.25) is 0 Å². The van der Waals surface area contributed by atoms with Crippen molar-refractivity contribution in [2.45, 2.75) is 63.8 Å². The summed E-state index contributed by atoms with van der Waals surface area (Å²) in [4.78, 5) is 19.4. The van der Waals surface area contributed by atoms with Crippen LogP contribution in [0.2, 0.25) is 18.1 Å². The maximum absolute atomic E-state index is 6.42. The fourth-order valence-corrected chi connectivity index (χ4v) is 4.19. The monoisotopic (exact) mass is 458 g/mol. The smallest absolute Gasteiger partial charge is 0.192 e. The molecule has 10 heteroatoms. The molecular formula is C22H34N6O3Si. The Balaban J connectivity index is 1.82. The minimum Gasteiger partial charge on any atom is -0.414 e. The van der Waals surface area contributed by atoms with Crippen LogP contribution in [-0.2, 0) is 13.9 Å². The van der Waals surface area contributed by atoms with Gasteiger partial charge in [-0.3, -0.25) is 4.57 Å². The molecule has 0 saturated carbocycles. The minimum atomic E-state index is -1.93. The first-order valence-electron chi connectivity index (χ1n) is 10.8. The van der Waals surface area contributed by atoms with Crippen molar-refractivity contribution in [3.63, 3.8) is 0 Å². The molecule has 9 nitrogen and oxygen atoms in total. The number of nitrogens with zero attached hydrogens (tertiary/aromatic N) is 6. The lowest BCUT2D eigenvalue weighted by Gasteiger charge is -2.37. The Bertz CT molecular complexity index is 992. The van der Waals surface area contributed by atoms with E-state index >= 15 is 0 Å². The number of imidazole rings is 1. The highest BCUT2D eigenvalue weighted by atomic mass is 28.4. The predicted molar refractivity (Wildman–Crippen MR) is 127 cm³/mol. The summed E-state index contributed by atoms with van der Waals surface area (Å²) >= 11 is 0. The first-order chi connectivity index (χ1) is 15.0. The van der Waals surface area contributed by atoms with Crippen LogP contribution in [0.25, 0.3) is 11.2 Å². The van der Waals surface area contributed by atoms with Crippen LogP contribution in [0.5, 0.6) is 0 Å². The third-order valence-electron chi connectivity index (χ3n) is 6.04. The van der Waals surface area contributed by atoms with E-state index in [2.05, 4.69) is 59.7 Å². The van der Waals surface area contributed by atoms with Crippen molar-refractivity contribution in [3.05, 3.63) is 12.7 Å². The first kappa shape index (κ1) is 24.3. The molecule has 3 heterocycles. The Hall–Kier alpha value is -2.32. The lowest BCUT2D eigenvalue weighted by atomic mass is 10.2. The summed E-state index contributed by atoms with van der Waals surface area (Å²) in [5.74, 6) is 3.06. The number of aliphatic imine (C=N–C) groups is 1. The van der Waals surface area contributed by atoms with Crippen LogP contribution in [0.15, 0.2) is 17.6 Å². The number of hydrogen-bond acceptors (Lipinski definition) is 7. The summed E-state index contributed by atoms with van der Waals surface area (Å²) in [5.41, 5.74) is 1.29. The molecule has 0 N–H and O–H groups in total. The van der Waals surface area contributed by atoms with Gasteiger partial charge in [-0.1, -0.05) is 26.7 Å². The molecule has 2 aromatic heterocycles. The Morgan fingerprint density at radius 1 is 1.34 bits per heavy atom. The second-order valence-corrected chi connectivity index (χ2v) is 14.5. The zero-order valence-electron chi connectivity index (χ0n) is 20.1. The molecule has 1 saturated heterocycles. The fraction of sp³-hybridized carbons (Fsp3) is 0.636. The van der Waals surface area contributed by atoms with Gasteiger partial charge < -0.3 is 18.8 Å². The fourth-order valence-electron chi connectivity index (χ4n) is 3.17. The molecule has 174 valence electrons. The number of ether oxygens (including phenoxy) is 2. The van der Waals surface area contributed by atoms with E-state index in [0.29, 0.717) is 30.0 Å². The second kappa shape index (κ2) is 9.66. The first-order valence-corrected chi connectivity index (χ1v) is 13.7. The second-order valence-electron chi connectivity index (χ2n) is 9.72. The third-order valence-corrected chi connectivity index (χ3v) is 10.5. The Morgan fingerprint density at radius 2 is 2.09 bits per heavy atom. The Morgan fingerprint density at radius 3 is 2.75 bits per heavy atom. The molecule has 0 aromatic carbocycles. The summed E-state index contributed by atoms with van der Waals surface area (Å²) in [6.07, 6.45) is 10.2. The van der Waals surface area contributed by atoms with Gasteiger partial charge in [0.25, 0.3) is 0 Å². The molecule has 1 aliphatic rings. The maximum Gasteiger partial charge on any atom is 0.192 e. The van der Waals surface area contributed by atoms with Crippen LogP contribution in [0.4, 0.5) is 5.82 Å². The average molecular weight is 459 g/mol. The SMILES string of the molecule is C#CCOC1CC(n2cnc3c(/N=C/N(C)C)ncnc32)OC1CO[Si](C)(C)C(C)(C)C. The van der Waals surface area contributed by atoms with E-state index in [1.807, 2.05) is 23.6 Å². The molecule has 3 rings (SSSR count). The van der Waals surface area contributed by atoms with E-state index < -0.39 is 8.32 Å². The van der Waals surface area contributed by atoms with Crippen molar-refractivity contribution in [1.29, 1.82) is 0 Å². The summed E-state index contributed by atoms with van der Waals surface area (Å²) in [6, 6.07) is 0. The number of hydrogen-bond donors (Lipinski definition) is 0. The van der Waals surface area contributed by atoms with Gasteiger partial charge in [-0.15, -0.1) is 6.42 Å². The molecule has 0 bridgehead atoms. The van der Waals surface area contributed by atoms with Crippen LogP contribution in [0.1, 0.15) is 33.4 Å². The van der Waals surface area contributed by atoms with E-state index in [1.54, 1.807) is 12.7 Å². The number of aromatic nitrogens is 4. The molecule has 1 aliphatic heterocycles. The van der Waals surface area contributed by atoms with Gasteiger partial charge in [-0.05, 0) is 18.1 Å². The molecule has 0 aliphatic carbocycles. The predicted octanol–water partition coefficient (Wildman–Crippen LogP) is 3.38. The van der Waals surface area contributed by atoms with Crippen LogP contribution in [-0.4, -0.2) is 78.6 Å². The molecule has 0 radical (unpaired) electrons. The van der Waals surface area contributed by atoms with Gasteiger partial charge in [0.05, 0.1) is 25.4 Å². The lowest BCUT2D eigenvalue weighted by Crippen LogP contribution is -2.44. The van der Waals surface area contributed by atoms with Crippen molar-refractivity contribution in [2.24, 2.45) is 4.99 Å². The molecule has 1 fully saturated rings. The zero-order chi connectivity index (χ0) is 23.5. The van der Waals surface area contributed by atoms with Crippen LogP contribution >= 0.6 is 0 Å². The highest BCUT2D eigenvalue weighted by Gasteiger charge is 2.42. The van der Waals surface area contributed by atoms with Crippen molar-refractivity contribution >= 4 is 31.6 Å². The van der Waals surface area contributed by atoms with Gasteiger partial charge in [0, 0.05) is 20.5 Å². The topological polar surface area (TPSA) is 86.9 Å². The van der Waals surface area contributed by atoms with Crippen LogP contribution in [0.3, 0.4) is 0 Å². The third kappa shape index (κ3) is 5.35. The number of rotatable bonds is 8. The summed E-state index contributed by atoms with van der Waals surface area (Å²) in [5, 5.41) is 0.112.